The lowest BCUT2D eigenvalue weighted by atomic mass is 10.0. The summed E-state index contributed by atoms with van der Waals surface area (Å²) in [6.45, 7) is 4.59. The van der Waals surface area contributed by atoms with Gasteiger partial charge in [0.05, 0.1) is 10.8 Å². The number of nitrogens with zero attached hydrogens (tertiary/aromatic N) is 2. The highest BCUT2D eigenvalue weighted by Crippen LogP contribution is 2.23. The van der Waals surface area contributed by atoms with Crippen LogP contribution in [0.4, 0.5) is 10.1 Å². The van der Waals surface area contributed by atoms with E-state index in [1.165, 1.54) is 34.0 Å². The van der Waals surface area contributed by atoms with Crippen LogP contribution in [0, 0.1) is 12.8 Å². The number of hydrazine groups is 1. The maximum Gasteiger partial charge on any atom is 0.248 e. The van der Waals surface area contributed by atoms with Crippen LogP contribution in [-0.4, -0.2) is 62.4 Å². The number of halogens is 1. The molecule has 0 aromatic heterocycles. The van der Waals surface area contributed by atoms with Gasteiger partial charge in [-0.15, -0.1) is 0 Å². The number of amides is 2. The molecule has 8 nitrogen and oxygen atoms in total. The molecule has 27 heavy (non-hydrogen) atoms. The molecule has 1 fully saturated rings. The number of hydrogen-bond donors (Lipinski definition) is 2. The highest BCUT2D eigenvalue weighted by atomic mass is 32.2. The number of aryl methyl sites for hydroxylation is 1. The number of carbonyl (C=O) groups excluding carboxylic acids is 2. The van der Waals surface area contributed by atoms with Gasteiger partial charge in [0.15, 0.2) is 0 Å². The molecule has 2 amide bonds. The monoisotopic (exact) mass is 400 g/mol. The number of alkyl halides is 1. The molecule has 0 saturated carbocycles. The lowest BCUT2D eigenvalue weighted by Crippen LogP contribution is -2.61. The molecular formula is C17H25FN4O4S. The lowest BCUT2D eigenvalue weighted by molar-refractivity contribution is -0.151. The smallest absolute Gasteiger partial charge is 0.248 e. The maximum atomic E-state index is 13.6. The van der Waals surface area contributed by atoms with Crippen molar-refractivity contribution < 1.29 is 22.4 Å². The van der Waals surface area contributed by atoms with E-state index in [0.29, 0.717) is 11.3 Å². The second-order valence-electron chi connectivity index (χ2n) is 6.81. The molecule has 150 valence electrons. The van der Waals surface area contributed by atoms with Crippen molar-refractivity contribution >= 4 is 27.5 Å². The van der Waals surface area contributed by atoms with Gasteiger partial charge in [0.25, 0.3) is 0 Å². The van der Waals surface area contributed by atoms with Crippen LogP contribution >= 0.6 is 0 Å². The molecule has 0 bridgehead atoms. The predicted octanol–water partition coefficient (Wildman–Crippen LogP) is 0.893. The average molecular weight is 400 g/mol. The summed E-state index contributed by atoms with van der Waals surface area (Å²) in [5.74, 6) is -1.86. The molecule has 2 N–H and O–H groups in total. The van der Waals surface area contributed by atoms with Gasteiger partial charge in [-0.3, -0.25) is 14.6 Å². The van der Waals surface area contributed by atoms with Gasteiger partial charge in [0, 0.05) is 26.3 Å². The van der Waals surface area contributed by atoms with Crippen LogP contribution in [0.3, 0.4) is 0 Å². The van der Waals surface area contributed by atoms with Gasteiger partial charge < -0.3 is 5.32 Å². The van der Waals surface area contributed by atoms with E-state index >= 15 is 0 Å². The summed E-state index contributed by atoms with van der Waals surface area (Å²) >= 11 is 0. The van der Waals surface area contributed by atoms with Gasteiger partial charge in [-0.25, -0.2) is 22.5 Å². The Balaban J connectivity index is 2.20. The van der Waals surface area contributed by atoms with Crippen molar-refractivity contribution in [3.05, 3.63) is 23.8 Å². The third kappa shape index (κ3) is 4.28. The zero-order chi connectivity index (χ0) is 20.5. The van der Waals surface area contributed by atoms with E-state index in [1.807, 2.05) is 0 Å². The normalized spacial score (nSPS) is 22.0. The van der Waals surface area contributed by atoms with Crippen molar-refractivity contribution in [2.75, 3.05) is 26.0 Å². The molecule has 10 heteroatoms. The first-order valence-electron chi connectivity index (χ1n) is 8.51. The molecule has 1 saturated heterocycles. The third-order valence-corrected chi connectivity index (χ3v) is 6.56. The molecular weight excluding hydrogens is 375 g/mol. The number of benzene rings is 1. The summed E-state index contributed by atoms with van der Waals surface area (Å²) in [5, 5.41) is 3.73. The molecule has 0 aliphatic carbocycles. The van der Waals surface area contributed by atoms with E-state index in [4.69, 9.17) is 0 Å². The third-order valence-electron chi connectivity index (χ3n) is 4.61. The van der Waals surface area contributed by atoms with Crippen LogP contribution in [0.1, 0.15) is 19.4 Å². The first-order chi connectivity index (χ1) is 12.5. The summed E-state index contributed by atoms with van der Waals surface area (Å²) in [6.07, 6.45) is -1.31. The molecule has 0 spiro atoms. The minimum absolute atomic E-state index is 0.0553. The van der Waals surface area contributed by atoms with Gasteiger partial charge in [-0.1, -0.05) is 13.0 Å². The van der Waals surface area contributed by atoms with Gasteiger partial charge in [-0.2, -0.15) is 0 Å². The highest BCUT2D eigenvalue weighted by molar-refractivity contribution is 7.89. The molecule has 1 aromatic carbocycles. The minimum Gasteiger partial charge on any atom is -0.324 e. The Labute approximate surface area is 158 Å². The molecule has 1 heterocycles. The molecule has 1 aromatic rings. The molecule has 3 atom stereocenters. The quantitative estimate of drug-likeness (QED) is 0.765. The Hall–Kier alpha value is -2.04. The Morgan fingerprint density at radius 1 is 1.41 bits per heavy atom. The number of carbonyl (C=O) groups is 2. The van der Waals surface area contributed by atoms with Crippen LogP contribution in [-0.2, 0) is 19.6 Å². The van der Waals surface area contributed by atoms with E-state index in [1.54, 1.807) is 19.1 Å². The number of anilines is 1. The van der Waals surface area contributed by atoms with E-state index in [9.17, 15) is 22.4 Å². The van der Waals surface area contributed by atoms with Gasteiger partial charge in [-0.05, 0) is 31.5 Å². The highest BCUT2D eigenvalue weighted by Gasteiger charge is 2.37. The molecule has 1 aliphatic heterocycles. The Kier molecular flexibility index (Phi) is 6.23. The zero-order valence-corrected chi connectivity index (χ0v) is 16.8. The van der Waals surface area contributed by atoms with E-state index in [0.717, 1.165) is 9.31 Å². The average Bonchev–Trinajstić information content (AvgIpc) is 2.60. The fraction of sp³-hybridized carbons (Fsp3) is 0.529. The summed E-state index contributed by atoms with van der Waals surface area (Å²) in [6, 6.07) is 3.65. The van der Waals surface area contributed by atoms with E-state index in [2.05, 4.69) is 10.7 Å². The fourth-order valence-electron chi connectivity index (χ4n) is 2.66. The second-order valence-corrected chi connectivity index (χ2v) is 8.93. The molecule has 0 radical (unpaired) electrons. The summed E-state index contributed by atoms with van der Waals surface area (Å²) in [7, 11) is -0.814. The first kappa shape index (κ1) is 21.3. The van der Waals surface area contributed by atoms with Crippen LogP contribution in [0.2, 0.25) is 0 Å². The molecule has 2 rings (SSSR count). The Morgan fingerprint density at radius 2 is 2.04 bits per heavy atom. The van der Waals surface area contributed by atoms with Crippen molar-refractivity contribution in [3.8, 4) is 0 Å². The standard InChI is InChI=1S/C17H25FN4O4S/c1-10-6-7-13(8-15(10)27(25,26)21(4)5)20-16(23)12(3)22-17(24)11(2)14(18)9-19-22/h6-8,11-12,14,19H,9H2,1-5H3,(H,20,23)/t11?,12-,14?/m0/s1. The molecule has 2 unspecified atom stereocenters. The largest absolute Gasteiger partial charge is 0.324 e. The summed E-state index contributed by atoms with van der Waals surface area (Å²) < 4.78 is 39.5. The maximum absolute atomic E-state index is 13.6. The predicted molar refractivity (Wildman–Crippen MR) is 99.1 cm³/mol. The van der Waals surface area contributed by atoms with Gasteiger partial charge >= 0.3 is 0 Å². The van der Waals surface area contributed by atoms with E-state index in [-0.39, 0.29) is 11.4 Å². The van der Waals surface area contributed by atoms with E-state index < -0.39 is 40.0 Å². The van der Waals surface area contributed by atoms with Crippen LogP contribution in [0.5, 0.6) is 0 Å². The Bertz CT molecular complexity index is 843. The summed E-state index contributed by atoms with van der Waals surface area (Å²) in [5.41, 5.74) is 3.46. The van der Waals surface area contributed by atoms with Crippen LogP contribution < -0.4 is 10.7 Å². The lowest BCUT2D eigenvalue weighted by Gasteiger charge is -2.36. The fourth-order valence-corrected chi connectivity index (χ4v) is 3.80. The Morgan fingerprint density at radius 3 is 2.63 bits per heavy atom. The summed E-state index contributed by atoms with van der Waals surface area (Å²) in [4.78, 5) is 24.8. The second kappa shape index (κ2) is 7.91. The number of hydrogen-bond acceptors (Lipinski definition) is 5. The van der Waals surface area contributed by atoms with Gasteiger partial charge in [0.1, 0.15) is 12.2 Å². The number of sulfonamides is 1. The van der Waals surface area contributed by atoms with Crippen LogP contribution in [0.15, 0.2) is 23.1 Å². The number of rotatable bonds is 5. The van der Waals surface area contributed by atoms with Crippen LogP contribution in [0.25, 0.3) is 0 Å². The first-order valence-corrected chi connectivity index (χ1v) is 9.95. The minimum atomic E-state index is -3.67. The SMILES string of the molecule is Cc1ccc(NC(=O)[C@H](C)N2NCC(F)C(C)C2=O)cc1S(=O)(=O)N(C)C. The number of nitrogens with one attached hydrogen (secondary N) is 2. The van der Waals surface area contributed by atoms with Crippen molar-refractivity contribution in [2.24, 2.45) is 5.92 Å². The van der Waals surface area contributed by atoms with Crippen molar-refractivity contribution in [1.82, 2.24) is 14.7 Å². The van der Waals surface area contributed by atoms with Crippen molar-refractivity contribution in [3.63, 3.8) is 0 Å². The van der Waals surface area contributed by atoms with Crippen molar-refractivity contribution in [2.45, 2.75) is 37.9 Å². The topological polar surface area (TPSA) is 98.8 Å². The van der Waals surface area contributed by atoms with Crippen molar-refractivity contribution in [1.29, 1.82) is 0 Å². The zero-order valence-electron chi connectivity index (χ0n) is 16.0. The van der Waals surface area contributed by atoms with Gasteiger partial charge in [0.2, 0.25) is 21.8 Å². The molecule has 1 aliphatic rings.